The van der Waals surface area contributed by atoms with Crippen molar-refractivity contribution in [3.63, 3.8) is 0 Å². The summed E-state index contributed by atoms with van der Waals surface area (Å²) < 4.78 is 0. The summed E-state index contributed by atoms with van der Waals surface area (Å²) >= 11 is 0. The number of hydrogen-bond donors (Lipinski definition) is 0. The molecule has 138 valence electrons. The molecule has 0 fully saturated rings. The maximum Gasteiger partial charge on any atom is 0.131 e. The second kappa shape index (κ2) is 7.61. The first-order valence-electron chi connectivity index (χ1n) is 9.84. The summed E-state index contributed by atoms with van der Waals surface area (Å²) in [7, 11) is 0. The van der Waals surface area contributed by atoms with Crippen LogP contribution in [-0.4, -0.2) is 21.4 Å². The second-order valence-electron chi connectivity index (χ2n) is 7.87. The normalized spacial score (nSPS) is 17.1. The van der Waals surface area contributed by atoms with Gasteiger partial charge in [0, 0.05) is 42.6 Å². The molecule has 0 bridgehead atoms. The van der Waals surface area contributed by atoms with Gasteiger partial charge in [-0.3, -0.25) is 4.90 Å². The van der Waals surface area contributed by atoms with Crippen molar-refractivity contribution < 1.29 is 0 Å². The van der Waals surface area contributed by atoms with E-state index in [0.29, 0.717) is 11.8 Å². The summed E-state index contributed by atoms with van der Waals surface area (Å²) in [5.41, 5.74) is 6.17. The van der Waals surface area contributed by atoms with Crippen molar-refractivity contribution >= 4 is 0 Å². The van der Waals surface area contributed by atoms with Crippen LogP contribution in [0.25, 0.3) is 11.3 Å². The predicted molar refractivity (Wildman–Crippen MR) is 111 cm³/mol. The fraction of sp³-hybridized carbons (Fsp3) is 0.333. The smallest absolute Gasteiger partial charge is 0.131 e. The molecule has 2 aromatic carbocycles. The van der Waals surface area contributed by atoms with E-state index in [1.54, 1.807) is 0 Å². The Morgan fingerprint density at radius 1 is 0.963 bits per heavy atom. The lowest BCUT2D eigenvalue weighted by atomic mass is 9.92. The monoisotopic (exact) mass is 357 g/mol. The average molecular weight is 358 g/mol. The maximum atomic E-state index is 4.99. The summed E-state index contributed by atoms with van der Waals surface area (Å²) in [6.07, 6.45) is 0. The van der Waals surface area contributed by atoms with Gasteiger partial charge in [-0.15, -0.1) is 0 Å². The third-order valence-corrected chi connectivity index (χ3v) is 5.25. The topological polar surface area (TPSA) is 29.0 Å². The van der Waals surface area contributed by atoms with Crippen LogP contribution in [0.3, 0.4) is 0 Å². The minimum Gasteiger partial charge on any atom is -0.294 e. The van der Waals surface area contributed by atoms with Gasteiger partial charge in [-0.05, 0) is 5.56 Å². The Balaban J connectivity index is 1.75. The van der Waals surface area contributed by atoms with Gasteiger partial charge in [0.25, 0.3) is 0 Å². The van der Waals surface area contributed by atoms with Gasteiger partial charge in [-0.1, -0.05) is 81.4 Å². The van der Waals surface area contributed by atoms with Gasteiger partial charge in [-0.25, -0.2) is 9.97 Å². The average Bonchev–Trinajstić information content (AvgIpc) is 2.69. The molecule has 1 aliphatic heterocycles. The molecule has 0 saturated heterocycles. The third-order valence-electron chi connectivity index (χ3n) is 5.25. The maximum absolute atomic E-state index is 4.99. The van der Waals surface area contributed by atoms with E-state index in [2.05, 4.69) is 86.3 Å². The number of hydrogen-bond acceptors (Lipinski definition) is 3. The van der Waals surface area contributed by atoms with Crippen molar-refractivity contribution in [1.29, 1.82) is 0 Å². The third kappa shape index (κ3) is 3.79. The van der Waals surface area contributed by atoms with E-state index in [9.17, 15) is 0 Å². The molecule has 0 amide bonds. The van der Waals surface area contributed by atoms with E-state index < -0.39 is 0 Å². The molecule has 4 rings (SSSR count). The molecule has 1 aliphatic rings. The Labute approximate surface area is 162 Å². The highest BCUT2D eigenvalue weighted by atomic mass is 15.1. The lowest BCUT2D eigenvalue weighted by Gasteiger charge is -2.34. The zero-order chi connectivity index (χ0) is 18.8. The molecular formula is C24H27N3. The summed E-state index contributed by atoms with van der Waals surface area (Å²) in [5.74, 6) is 1.68. The van der Waals surface area contributed by atoms with Crippen molar-refractivity contribution in [2.24, 2.45) is 0 Å². The Bertz CT molecular complexity index is 904. The molecule has 3 nitrogen and oxygen atoms in total. The van der Waals surface area contributed by atoms with Gasteiger partial charge >= 0.3 is 0 Å². The molecule has 3 aromatic rings. The predicted octanol–water partition coefficient (Wildman–Crippen LogP) is 5.39. The van der Waals surface area contributed by atoms with Crippen LogP contribution in [-0.2, 0) is 13.1 Å². The summed E-state index contributed by atoms with van der Waals surface area (Å²) in [5, 5.41) is 0. The lowest BCUT2D eigenvalue weighted by Crippen LogP contribution is -2.34. The van der Waals surface area contributed by atoms with Gasteiger partial charge in [0.1, 0.15) is 5.82 Å². The second-order valence-corrected chi connectivity index (χ2v) is 7.87. The van der Waals surface area contributed by atoms with Crippen LogP contribution in [0.5, 0.6) is 0 Å². The SMILES string of the molecule is CC(C)c1nc(-c2ccccc2)c2c(n1)C(C)CN(Cc1ccccc1)C2. The van der Waals surface area contributed by atoms with Crippen LogP contribution in [0.4, 0.5) is 0 Å². The van der Waals surface area contributed by atoms with E-state index in [-0.39, 0.29) is 0 Å². The molecule has 0 spiro atoms. The molecule has 1 unspecified atom stereocenters. The highest BCUT2D eigenvalue weighted by Gasteiger charge is 2.28. The van der Waals surface area contributed by atoms with Crippen molar-refractivity contribution in [2.45, 2.75) is 45.7 Å². The number of fused-ring (bicyclic) bond motifs is 1. The largest absolute Gasteiger partial charge is 0.294 e. The molecule has 0 N–H and O–H groups in total. The van der Waals surface area contributed by atoms with E-state index in [4.69, 9.17) is 9.97 Å². The summed E-state index contributed by atoms with van der Waals surface area (Å²) in [6.45, 7) is 9.53. The number of nitrogens with zero attached hydrogens (tertiary/aromatic N) is 3. The van der Waals surface area contributed by atoms with Crippen molar-refractivity contribution in [3.05, 3.63) is 83.3 Å². The molecular weight excluding hydrogens is 330 g/mol. The van der Waals surface area contributed by atoms with Crippen LogP contribution < -0.4 is 0 Å². The first-order valence-corrected chi connectivity index (χ1v) is 9.84. The van der Waals surface area contributed by atoms with Crippen LogP contribution in [0.1, 0.15) is 55.3 Å². The molecule has 1 atom stereocenters. The fourth-order valence-electron chi connectivity index (χ4n) is 3.90. The lowest BCUT2D eigenvalue weighted by molar-refractivity contribution is 0.223. The molecule has 0 saturated carbocycles. The van der Waals surface area contributed by atoms with Crippen molar-refractivity contribution in [2.75, 3.05) is 6.54 Å². The van der Waals surface area contributed by atoms with Gasteiger partial charge in [0.15, 0.2) is 0 Å². The molecule has 2 heterocycles. The number of aromatic nitrogens is 2. The summed E-state index contributed by atoms with van der Waals surface area (Å²) in [4.78, 5) is 12.5. The van der Waals surface area contributed by atoms with Crippen LogP contribution in [0, 0.1) is 0 Å². The first-order chi connectivity index (χ1) is 13.1. The summed E-state index contributed by atoms with van der Waals surface area (Å²) in [6, 6.07) is 21.3. The molecule has 1 aromatic heterocycles. The Morgan fingerprint density at radius 2 is 1.63 bits per heavy atom. The molecule has 3 heteroatoms. The molecule has 0 aliphatic carbocycles. The van der Waals surface area contributed by atoms with Crippen LogP contribution in [0.15, 0.2) is 60.7 Å². The molecule has 0 radical (unpaired) electrons. The molecule has 27 heavy (non-hydrogen) atoms. The van der Waals surface area contributed by atoms with Crippen molar-refractivity contribution in [1.82, 2.24) is 14.9 Å². The standard InChI is InChI=1S/C24H27N3/c1-17(2)24-25-22-18(3)14-27(15-19-10-6-4-7-11-19)16-21(22)23(26-24)20-12-8-5-9-13-20/h4-13,17-18H,14-16H2,1-3H3. The van der Waals surface area contributed by atoms with E-state index in [1.165, 1.54) is 22.4 Å². The minimum absolute atomic E-state index is 0.326. The Kier molecular flexibility index (Phi) is 5.04. The zero-order valence-electron chi connectivity index (χ0n) is 16.4. The number of rotatable bonds is 4. The van der Waals surface area contributed by atoms with Gasteiger partial charge in [0.05, 0.1) is 11.4 Å². The first kappa shape index (κ1) is 17.9. The zero-order valence-corrected chi connectivity index (χ0v) is 16.4. The number of benzene rings is 2. The van der Waals surface area contributed by atoms with Crippen LogP contribution in [0.2, 0.25) is 0 Å². The minimum atomic E-state index is 0.326. The van der Waals surface area contributed by atoms with Crippen molar-refractivity contribution in [3.8, 4) is 11.3 Å². The van der Waals surface area contributed by atoms with Gasteiger partial charge in [0.2, 0.25) is 0 Å². The fourth-order valence-corrected chi connectivity index (χ4v) is 3.90. The highest BCUT2D eigenvalue weighted by molar-refractivity contribution is 5.64. The van der Waals surface area contributed by atoms with E-state index in [1.807, 2.05) is 0 Å². The Hall–Kier alpha value is -2.52. The van der Waals surface area contributed by atoms with Crippen LogP contribution >= 0.6 is 0 Å². The van der Waals surface area contributed by atoms with Gasteiger partial charge < -0.3 is 0 Å². The quantitative estimate of drug-likeness (QED) is 0.627. The Morgan fingerprint density at radius 3 is 2.30 bits per heavy atom. The van der Waals surface area contributed by atoms with E-state index >= 15 is 0 Å². The van der Waals surface area contributed by atoms with E-state index in [0.717, 1.165) is 31.2 Å². The van der Waals surface area contributed by atoms with Gasteiger partial charge in [-0.2, -0.15) is 0 Å². The highest BCUT2D eigenvalue weighted by Crippen LogP contribution is 2.34.